The third-order valence-corrected chi connectivity index (χ3v) is 3.78. The molecule has 10 nitrogen and oxygen atoms in total. The fourth-order valence-corrected chi connectivity index (χ4v) is 2.53. The number of benzene rings is 1. The van der Waals surface area contributed by atoms with E-state index in [2.05, 4.69) is 31.1 Å². The molecule has 1 atom stereocenters. The van der Waals surface area contributed by atoms with Gasteiger partial charge in [-0.1, -0.05) is 12.1 Å². The number of anilines is 2. The van der Waals surface area contributed by atoms with Crippen molar-refractivity contribution in [2.24, 2.45) is 0 Å². The first-order valence-electron chi connectivity index (χ1n) is 7.97. The molecular formula is C16H18N6O4. The molecule has 1 aromatic carbocycles. The number of nitrogens with one attached hydrogen (secondary N) is 4. The maximum Gasteiger partial charge on any atom is 0.254 e. The van der Waals surface area contributed by atoms with Crippen molar-refractivity contribution in [1.82, 2.24) is 20.5 Å². The van der Waals surface area contributed by atoms with Gasteiger partial charge in [-0.3, -0.25) is 24.8 Å². The molecule has 1 aromatic heterocycles. The summed E-state index contributed by atoms with van der Waals surface area (Å²) in [5, 5.41) is 14.3. The molecule has 10 heteroatoms. The number of rotatable bonds is 6. The molecule has 0 bridgehead atoms. The Morgan fingerprint density at radius 3 is 2.92 bits per heavy atom. The number of carbonyl (C=O) groups excluding carboxylic acids is 3. The van der Waals surface area contributed by atoms with Crippen LogP contribution in [0.5, 0.6) is 0 Å². The molecule has 1 aliphatic heterocycles. The van der Waals surface area contributed by atoms with E-state index in [0.29, 0.717) is 17.1 Å². The molecule has 0 radical (unpaired) electrons. The monoisotopic (exact) mass is 358 g/mol. The van der Waals surface area contributed by atoms with E-state index in [1.165, 1.54) is 7.11 Å². The van der Waals surface area contributed by atoms with E-state index in [0.717, 1.165) is 0 Å². The molecule has 0 aliphatic carbocycles. The fraction of sp³-hybridized carbons (Fsp3) is 0.312. The number of aromatic nitrogens is 3. The first kappa shape index (κ1) is 17.5. The van der Waals surface area contributed by atoms with Gasteiger partial charge in [0, 0.05) is 13.5 Å². The number of para-hydroxylation sites is 1. The van der Waals surface area contributed by atoms with Crippen LogP contribution in [0.15, 0.2) is 24.3 Å². The predicted molar refractivity (Wildman–Crippen MR) is 91.3 cm³/mol. The van der Waals surface area contributed by atoms with Crippen molar-refractivity contribution in [3.05, 3.63) is 35.7 Å². The fourth-order valence-electron chi connectivity index (χ4n) is 2.53. The quantitative estimate of drug-likeness (QED) is 0.590. The summed E-state index contributed by atoms with van der Waals surface area (Å²) in [7, 11) is 1.52. The molecule has 0 unspecified atom stereocenters. The second-order valence-corrected chi connectivity index (χ2v) is 5.69. The molecule has 0 spiro atoms. The number of fused-ring (bicyclic) bond motifs is 1. The van der Waals surface area contributed by atoms with Crippen LogP contribution in [0.25, 0.3) is 0 Å². The van der Waals surface area contributed by atoms with E-state index in [9.17, 15) is 14.4 Å². The van der Waals surface area contributed by atoms with Crippen molar-refractivity contribution in [1.29, 1.82) is 0 Å². The van der Waals surface area contributed by atoms with E-state index in [4.69, 9.17) is 4.74 Å². The highest BCUT2D eigenvalue weighted by Crippen LogP contribution is 2.19. The van der Waals surface area contributed by atoms with Gasteiger partial charge in [0.15, 0.2) is 5.82 Å². The van der Waals surface area contributed by atoms with Crippen LogP contribution in [0.1, 0.15) is 29.0 Å². The maximum absolute atomic E-state index is 12.3. The Hall–Kier alpha value is -3.27. The summed E-state index contributed by atoms with van der Waals surface area (Å²) in [4.78, 5) is 40.6. The van der Waals surface area contributed by atoms with Crippen molar-refractivity contribution in [2.45, 2.75) is 25.5 Å². The van der Waals surface area contributed by atoms with Crippen molar-refractivity contribution in [3.8, 4) is 0 Å². The number of carbonyl (C=O) groups is 3. The predicted octanol–water partition coefficient (Wildman–Crippen LogP) is 0.420. The van der Waals surface area contributed by atoms with E-state index in [-0.39, 0.29) is 43.1 Å². The van der Waals surface area contributed by atoms with Crippen LogP contribution in [0.4, 0.5) is 11.6 Å². The maximum atomic E-state index is 12.3. The van der Waals surface area contributed by atoms with Gasteiger partial charge in [-0.05, 0) is 18.6 Å². The van der Waals surface area contributed by atoms with Crippen molar-refractivity contribution >= 4 is 29.4 Å². The summed E-state index contributed by atoms with van der Waals surface area (Å²) in [6, 6.07) is 5.92. The van der Waals surface area contributed by atoms with Crippen LogP contribution < -0.4 is 16.0 Å². The van der Waals surface area contributed by atoms with Crippen LogP contribution in [0, 0.1) is 0 Å². The molecule has 2 aromatic rings. The summed E-state index contributed by atoms with van der Waals surface area (Å²) in [6.45, 7) is 0.248. The number of hydrogen-bond donors (Lipinski definition) is 4. The van der Waals surface area contributed by atoms with Gasteiger partial charge in [0.25, 0.3) is 5.91 Å². The molecule has 3 rings (SSSR count). The van der Waals surface area contributed by atoms with Crippen molar-refractivity contribution in [3.63, 3.8) is 0 Å². The third-order valence-electron chi connectivity index (χ3n) is 3.78. The lowest BCUT2D eigenvalue weighted by molar-refractivity contribution is -0.118. The van der Waals surface area contributed by atoms with Crippen LogP contribution in [0.3, 0.4) is 0 Å². The van der Waals surface area contributed by atoms with E-state index < -0.39 is 6.04 Å². The summed E-state index contributed by atoms with van der Waals surface area (Å²) in [6.07, 6.45) is 0.162. The van der Waals surface area contributed by atoms with Gasteiger partial charge in [-0.25, -0.2) is 0 Å². The molecule has 1 aliphatic rings. The molecule has 0 saturated carbocycles. The van der Waals surface area contributed by atoms with Crippen molar-refractivity contribution < 1.29 is 19.1 Å². The largest absolute Gasteiger partial charge is 0.377 e. The molecular weight excluding hydrogens is 340 g/mol. The molecule has 0 saturated heterocycles. The molecule has 3 amide bonds. The molecule has 2 heterocycles. The Morgan fingerprint density at radius 2 is 2.12 bits per heavy atom. The normalized spacial score (nSPS) is 16.3. The SMILES string of the molecule is COCc1nc(NC(=O)CC[C@H]2NC(=O)c3ccccc3NC2=O)n[nH]1. The van der Waals surface area contributed by atoms with Gasteiger partial charge in [-0.15, -0.1) is 5.10 Å². The lowest BCUT2D eigenvalue weighted by atomic mass is 10.1. The summed E-state index contributed by atoms with van der Waals surface area (Å²) in [5.74, 6) is -0.476. The third kappa shape index (κ3) is 4.03. The number of aromatic amines is 1. The van der Waals surface area contributed by atoms with Crippen molar-refractivity contribution in [2.75, 3.05) is 17.7 Å². The number of ether oxygens (including phenoxy) is 1. The number of H-pyrrole nitrogens is 1. The molecule has 4 N–H and O–H groups in total. The standard InChI is InChI=1S/C16H18N6O4/c1-26-8-12-19-16(22-21-12)20-13(23)7-6-11-15(25)17-10-5-3-2-4-9(10)14(24)18-11/h2-5,11H,6-8H2,1H3,(H,17,25)(H,18,24)(H2,19,20,21,22,23)/t11-/m1/s1. The summed E-state index contributed by atoms with van der Waals surface area (Å²) < 4.78 is 4.90. The zero-order valence-electron chi connectivity index (χ0n) is 14.0. The van der Waals surface area contributed by atoms with Gasteiger partial charge in [-0.2, -0.15) is 4.98 Å². The lowest BCUT2D eigenvalue weighted by Crippen LogP contribution is -2.41. The van der Waals surface area contributed by atoms with Crippen LogP contribution in [0.2, 0.25) is 0 Å². The van der Waals surface area contributed by atoms with E-state index in [1.807, 2.05) is 0 Å². The average molecular weight is 358 g/mol. The summed E-state index contributed by atoms with van der Waals surface area (Å²) in [5.41, 5.74) is 0.840. The highest BCUT2D eigenvalue weighted by Gasteiger charge is 2.27. The van der Waals surface area contributed by atoms with Crippen LogP contribution in [-0.2, 0) is 20.9 Å². The highest BCUT2D eigenvalue weighted by molar-refractivity contribution is 6.09. The number of hydrogen-bond acceptors (Lipinski definition) is 6. The highest BCUT2D eigenvalue weighted by atomic mass is 16.5. The smallest absolute Gasteiger partial charge is 0.254 e. The summed E-state index contributed by atoms with van der Waals surface area (Å²) >= 11 is 0. The Kier molecular flexibility index (Phi) is 5.23. The van der Waals surface area contributed by atoms with Gasteiger partial charge in [0.2, 0.25) is 17.8 Å². The molecule has 26 heavy (non-hydrogen) atoms. The first-order chi connectivity index (χ1) is 12.6. The van der Waals surface area contributed by atoms with Crippen LogP contribution in [-0.4, -0.2) is 46.1 Å². The number of amides is 3. The van der Waals surface area contributed by atoms with Gasteiger partial charge < -0.3 is 15.4 Å². The van der Waals surface area contributed by atoms with Gasteiger partial charge >= 0.3 is 0 Å². The topological polar surface area (TPSA) is 138 Å². The first-order valence-corrected chi connectivity index (χ1v) is 7.97. The number of methoxy groups -OCH3 is 1. The Labute approximate surface area is 148 Å². The Bertz CT molecular complexity index is 834. The van der Waals surface area contributed by atoms with Crippen LogP contribution >= 0.6 is 0 Å². The Morgan fingerprint density at radius 1 is 1.31 bits per heavy atom. The molecule has 0 fully saturated rings. The minimum atomic E-state index is -0.808. The Balaban J connectivity index is 1.56. The zero-order valence-corrected chi connectivity index (χ0v) is 14.0. The molecule has 136 valence electrons. The average Bonchev–Trinajstić information content (AvgIpc) is 3.01. The second kappa shape index (κ2) is 7.74. The lowest BCUT2D eigenvalue weighted by Gasteiger charge is -2.13. The van der Waals surface area contributed by atoms with E-state index in [1.54, 1.807) is 24.3 Å². The van der Waals surface area contributed by atoms with Gasteiger partial charge in [0.1, 0.15) is 12.6 Å². The minimum absolute atomic E-state index is 0.0167. The van der Waals surface area contributed by atoms with E-state index >= 15 is 0 Å². The van der Waals surface area contributed by atoms with Gasteiger partial charge in [0.05, 0.1) is 11.3 Å². The zero-order chi connectivity index (χ0) is 18.5. The second-order valence-electron chi connectivity index (χ2n) is 5.69. The minimum Gasteiger partial charge on any atom is -0.377 e. The number of nitrogens with zero attached hydrogens (tertiary/aromatic N) is 2.